The van der Waals surface area contributed by atoms with Crippen LogP contribution in [-0.4, -0.2) is 48.6 Å². The highest BCUT2D eigenvalue weighted by molar-refractivity contribution is 6.05. The summed E-state index contributed by atoms with van der Waals surface area (Å²) < 4.78 is 18.8. The van der Waals surface area contributed by atoms with E-state index in [9.17, 15) is 14.0 Å². The number of hydrogen-bond acceptors (Lipinski definition) is 4. The lowest BCUT2D eigenvalue weighted by Crippen LogP contribution is -2.44. The second-order valence-electron chi connectivity index (χ2n) is 7.02. The van der Waals surface area contributed by atoms with Crippen LogP contribution in [0.15, 0.2) is 59.4 Å². The fourth-order valence-corrected chi connectivity index (χ4v) is 3.71. The van der Waals surface area contributed by atoms with Gasteiger partial charge in [-0.2, -0.15) is 0 Å². The van der Waals surface area contributed by atoms with E-state index in [0.717, 1.165) is 18.7 Å². The molecule has 1 aromatic heterocycles. The number of aromatic amines is 1. The summed E-state index contributed by atoms with van der Waals surface area (Å²) in [6.07, 6.45) is 0. The number of pyridine rings is 1. The van der Waals surface area contributed by atoms with Crippen LogP contribution >= 0.6 is 0 Å². The number of nitrogens with zero attached hydrogens (tertiary/aromatic N) is 1. The molecule has 4 rings (SSSR count). The van der Waals surface area contributed by atoms with Crippen LogP contribution in [0.5, 0.6) is 0 Å². The third-order valence-corrected chi connectivity index (χ3v) is 5.19. The molecule has 1 fully saturated rings. The monoisotopic (exact) mass is 395 g/mol. The number of amides is 1. The first kappa shape index (κ1) is 19.3. The molecule has 0 saturated carbocycles. The number of para-hydroxylation sites is 1. The zero-order chi connectivity index (χ0) is 20.2. The van der Waals surface area contributed by atoms with Gasteiger partial charge < -0.3 is 15.0 Å². The van der Waals surface area contributed by atoms with Crippen molar-refractivity contribution in [2.24, 2.45) is 0 Å². The maximum Gasteiger partial charge on any atom is 0.252 e. The molecule has 1 aliphatic heterocycles. The van der Waals surface area contributed by atoms with Crippen molar-refractivity contribution < 1.29 is 13.9 Å². The normalized spacial score (nSPS) is 15.9. The highest BCUT2D eigenvalue weighted by Crippen LogP contribution is 2.22. The number of rotatable bonds is 5. The van der Waals surface area contributed by atoms with Crippen LogP contribution in [0.3, 0.4) is 0 Å². The molecule has 150 valence electrons. The molecule has 0 spiro atoms. The summed E-state index contributed by atoms with van der Waals surface area (Å²) in [6.45, 7) is 3.03. The molecule has 6 nitrogen and oxygen atoms in total. The maximum atomic E-state index is 13.4. The first-order valence-corrected chi connectivity index (χ1v) is 9.59. The Bertz CT molecular complexity index is 1060. The van der Waals surface area contributed by atoms with Gasteiger partial charge in [0.25, 0.3) is 5.91 Å². The van der Waals surface area contributed by atoms with Gasteiger partial charge in [-0.3, -0.25) is 14.5 Å². The van der Waals surface area contributed by atoms with Crippen LogP contribution < -0.4 is 10.9 Å². The van der Waals surface area contributed by atoms with Gasteiger partial charge in [0.05, 0.1) is 24.8 Å². The lowest BCUT2D eigenvalue weighted by atomic mass is 10.0. The number of fused-ring (bicyclic) bond motifs is 1. The minimum atomic E-state index is -0.322. The Hall–Kier alpha value is -3.03. The van der Waals surface area contributed by atoms with Crippen LogP contribution in [0.25, 0.3) is 10.9 Å². The number of nitrogens with one attached hydrogen (secondary N) is 2. The van der Waals surface area contributed by atoms with Gasteiger partial charge in [0.15, 0.2) is 0 Å². The second-order valence-corrected chi connectivity index (χ2v) is 7.02. The molecule has 29 heavy (non-hydrogen) atoms. The number of H-pyrrole nitrogens is 1. The van der Waals surface area contributed by atoms with Crippen LogP contribution in [0.4, 0.5) is 4.39 Å². The van der Waals surface area contributed by atoms with Gasteiger partial charge in [-0.1, -0.05) is 30.3 Å². The molecule has 1 aliphatic rings. The Morgan fingerprint density at radius 3 is 2.62 bits per heavy atom. The predicted octanol–water partition coefficient (Wildman–Crippen LogP) is 2.47. The minimum Gasteiger partial charge on any atom is -0.379 e. The van der Waals surface area contributed by atoms with E-state index in [4.69, 9.17) is 4.74 Å². The molecule has 7 heteroatoms. The zero-order valence-corrected chi connectivity index (χ0v) is 15.9. The molecule has 2 N–H and O–H groups in total. The van der Waals surface area contributed by atoms with Crippen molar-refractivity contribution in [3.63, 3.8) is 0 Å². The van der Waals surface area contributed by atoms with E-state index in [0.29, 0.717) is 36.2 Å². The number of morpholine rings is 1. The average Bonchev–Trinajstić information content (AvgIpc) is 2.75. The number of carbonyl (C=O) groups excluding carboxylic acids is 1. The summed E-state index contributed by atoms with van der Waals surface area (Å²) in [4.78, 5) is 29.8. The summed E-state index contributed by atoms with van der Waals surface area (Å²) in [7, 11) is 0. The molecule has 2 heterocycles. The lowest BCUT2D eigenvalue weighted by Gasteiger charge is -2.35. The third kappa shape index (κ3) is 4.36. The summed E-state index contributed by atoms with van der Waals surface area (Å²) in [5.74, 6) is -0.610. The first-order valence-electron chi connectivity index (χ1n) is 9.59. The Balaban J connectivity index is 1.58. The molecule has 0 unspecified atom stereocenters. The smallest absolute Gasteiger partial charge is 0.252 e. The average molecular weight is 395 g/mol. The SMILES string of the molecule is O=C(NC[C@H](c1ccc(F)cc1)N1CCOCC1)c1cc(=O)[nH]c2ccccc12. The number of aromatic nitrogens is 1. The maximum absolute atomic E-state index is 13.4. The van der Waals surface area contributed by atoms with Gasteiger partial charge >= 0.3 is 0 Å². The molecule has 1 saturated heterocycles. The summed E-state index contributed by atoms with van der Waals surface area (Å²) in [5.41, 5.74) is 1.55. The van der Waals surface area contributed by atoms with E-state index in [1.54, 1.807) is 24.3 Å². The number of carbonyl (C=O) groups is 1. The van der Waals surface area contributed by atoms with E-state index in [1.165, 1.54) is 18.2 Å². The number of benzene rings is 2. The summed E-state index contributed by atoms with van der Waals surface area (Å²) in [6, 6.07) is 14.7. The van der Waals surface area contributed by atoms with Crippen molar-refractivity contribution in [1.82, 2.24) is 15.2 Å². The topological polar surface area (TPSA) is 74.4 Å². The van der Waals surface area contributed by atoms with Gasteiger partial charge in [-0.05, 0) is 23.8 Å². The van der Waals surface area contributed by atoms with Crippen molar-refractivity contribution in [3.05, 3.63) is 81.9 Å². The standard InChI is InChI=1S/C22H22FN3O3/c23-16-7-5-15(6-8-16)20(26-9-11-29-12-10-26)14-24-22(28)18-13-21(27)25-19-4-2-1-3-17(18)19/h1-8,13,20H,9-12,14H2,(H,24,28)(H,25,27)/t20-/m1/s1. The van der Waals surface area contributed by atoms with Crippen molar-refractivity contribution in [3.8, 4) is 0 Å². The van der Waals surface area contributed by atoms with Gasteiger partial charge in [0.2, 0.25) is 5.56 Å². The Kier molecular flexibility index (Phi) is 5.69. The number of hydrogen-bond donors (Lipinski definition) is 2. The van der Waals surface area contributed by atoms with Crippen molar-refractivity contribution in [2.45, 2.75) is 6.04 Å². The molecule has 1 atom stereocenters. The fraction of sp³-hybridized carbons (Fsp3) is 0.273. The van der Waals surface area contributed by atoms with Crippen LogP contribution in [0.1, 0.15) is 22.0 Å². The first-order chi connectivity index (χ1) is 14.1. The van der Waals surface area contributed by atoms with Gasteiger partial charge in [0, 0.05) is 36.6 Å². The summed E-state index contributed by atoms with van der Waals surface area (Å²) >= 11 is 0. The predicted molar refractivity (Wildman–Crippen MR) is 108 cm³/mol. The quantitative estimate of drug-likeness (QED) is 0.696. The second kappa shape index (κ2) is 8.55. The van der Waals surface area contributed by atoms with E-state index in [1.807, 2.05) is 12.1 Å². The van der Waals surface area contributed by atoms with E-state index >= 15 is 0 Å². The number of halogens is 1. The van der Waals surface area contributed by atoms with Crippen molar-refractivity contribution >= 4 is 16.8 Å². The van der Waals surface area contributed by atoms with Crippen molar-refractivity contribution in [1.29, 1.82) is 0 Å². The molecule has 0 aliphatic carbocycles. The van der Waals surface area contributed by atoms with Crippen LogP contribution in [-0.2, 0) is 4.74 Å². The Morgan fingerprint density at radius 2 is 1.86 bits per heavy atom. The number of ether oxygens (including phenoxy) is 1. The van der Waals surface area contributed by atoms with Crippen molar-refractivity contribution in [2.75, 3.05) is 32.8 Å². The molecule has 2 aromatic carbocycles. The van der Waals surface area contributed by atoms with Gasteiger partial charge in [-0.25, -0.2) is 4.39 Å². The summed E-state index contributed by atoms with van der Waals surface area (Å²) in [5, 5.41) is 3.65. The lowest BCUT2D eigenvalue weighted by molar-refractivity contribution is 0.0162. The molecule has 0 bridgehead atoms. The fourth-order valence-electron chi connectivity index (χ4n) is 3.71. The molecule has 3 aromatic rings. The Morgan fingerprint density at radius 1 is 1.14 bits per heavy atom. The highest BCUT2D eigenvalue weighted by Gasteiger charge is 2.24. The molecular formula is C22H22FN3O3. The van der Waals surface area contributed by atoms with E-state index in [-0.39, 0.29) is 23.3 Å². The minimum absolute atomic E-state index is 0.114. The highest BCUT2D eigenvalue weighted by atomic mass is 19.1. The van der Waals surface area contributed by atoms with Gasteiger partial charge in [0.1, 0.15) is 5.82 Å². The van der Waals surface area contributed by atoms with Gasteiger partial charge in [-0.15, -0.1) is 0 Å². The van der Waals surface area contributed by atoms with E-state index in [2.05, 4.69) is 15.2 Å². The van der Waals surface area contributed by atoms with Crippen LogP contribution in [0, 0.1) is 5.82 Å². The molecule has 0 radical (unpaired) electrons. The third-order valence-electron chi connectivity index (χ3n) is 5.19. The van der Waals surface area contributed by atoms with E-state index < -0.39 is 0 Å². The molecular weight excluding hydrogens is 373 g/mol. The molecule has 1 amide bonds. The largest absolute Gasteiger partial charge is 0.379 e. The Labute approximate surface area is 167 Å². The zero-order valence-electron chi connectivity index (χ0n) is 15.9. The van der Waals surface area contributed by atoms with Crippen LogP contribution in [0.2, 0.25) is 0 Å².